The Bertz CT molecular complexity index is 189. The van der Waals surface area contributed by atoms with Crippen LogP contribution < -0.4 is 5.73 Å². The van der Waals surface area contributed by atoms with Crippen molar-refractivity contribution < 1.29 is 9.84 Å². The molecule has 1 unspecified atom stereocenters. The average Bonchev–Trinajstić information content (AvgIpc) is 2.54. The highest BCUT2D eigenvalue weighted by Gasteiger charge is 2.35. The van der Waals surface area contributed by atoms with Gasteiger partial charge in [-0.3, -0.25) is 0 Å². The van der Waals surface area contributed by atoms with Gasteiger partial charge in [0.15, 0.2) is 0 Å². The average molecular weight is 171 g/mol. The molecule has 3 N–H and O–H groups in total. The lowest BCUT2D eigenvalue weighted by molar-refractivity contribution is 0.0381. The van der Waals surface area contributed by atoms with Gasteiger partial charge in [-0.2, -0.15) is 0 Å². The van der Waals surface area contributed by atoms with Gasteiger partial charge in [-0.05, 0) is 5.92 Å². The van der Waals surface area contributed by atoms with Crippen LogP contribution >= 0.6 is 0 Å². The molecule has 70 valence electrons. The molecule has 0 saturated heterocycles. The number of aliphatic hydroxyl groups is 1. The van der Waals surface area contributed by atoms with Gasteiger partial charge in [0.05, 0.1) is 12.9 Å². The Kier molecular flexibility index (Phi) is 2.75. The summed E-state index contributed by atoms with van der Waals surface area (Å²) in [5, 5.41) is 10.1. The molecule has 0 aliphatic carbocycles. The van der Waals surface area contributed by atoms with Gasteiger partial charge in [0.2, 0.25) is 0 Å². The van der Waals surface area contributed by atoms with Crippen LogP contribution in [0.15, 0.2) is 11.8 Å². The first-order valence-corrected chi connectivity index (χ1v) is 4.35. The Balaban J connectivity index is 2.78. The molecule has 1 aliphatic heterocycles. The van der Waals surface area contributed by atoms with Gasteiger partial charge < -0.3 is 15.6 Å². The van der Waals surface area contributed by atoms with Crippen molar-refractivity contribution in [2.45, 2.75) is 25.9 Å². The summed E-state index contributed by atoms with van der Waals surface area (Å²) < 4.78 is 5.08. The van der Waals surface area contributed by atoms with Gasteiger partial charge >= 0.3 is 0 Å². The topological polar surface area (TPSA) is 55.5 Å². The van der Waals surface area contributed by atoms with Crippen molar-refractivity contribution in [3.05, 3.63) is 11.8 Å². The summed E-state index contributed by atoms with van der Waals surface area (Å²) in [7, 11) is 0. The van der Waals surface area contributed by atoms with Crippen LogP contribution in [0.3, 0.4) is 0 Å². The van der Waals surface area contributed by atoms with Gasteiger partial charge in [0, 0.05) is 18.5 Å². The highest BCUT2D eigenvalue weighted by molar-refractivity contribution is 5.19. The lowest BCUT2D eigenvalue weighted by Gasteiger charge is -2.31. The lowest BCUT2D eigenvalue weighted by atomic mass is 9.83. The van der Waals surface area contributed by atoms with E-state index in [9.17, 15) is 5.11 Å². The van der Waals surface area contributed by atoms with Crippen LogP contribution in [-0.2, 0) is 4.74 Å². The molecule has 0 amide bonds. The minimum atomic E-state index is -0.865. The SMILES string of the molecule is CC(C)C(O)(CN)C1=COCC1. The molecule has 3 nitrogen and oxygen atoms in total. The number of ether oxygens (including phenoxy) is 1. The van der Waals surface area contributed by atoms with Crippen molar-refractivity contribution in [3.8, 4) is 0 Å². The van der Waals surface area contributed by atoms with Crippen molar-refractivity contribution in [2.24, 2.45) is 11.7 Å². The summed E-state index contributed by atoms with van der Waals surface area (Å²) in [6, 6.07) is 0. The van der Waals surface area contributed by atoms with Gasteiger partial charge in [-0.1, -0.05) is 13.8 Å². The maximum Gasteiger partial charge on any atom is 0.103 e. The molecule has 1 aliphatic rings. The monoisotopic (exact) mass is 171 g/mol. The molecule has 3 heteroatoms. The fraction of sp³-hybridized carbons (Fsp3) is 0.778. The lowest BCUT2D eigenvalue weighted by Crippen LogP contribution is -2.44. The Hall–Kier alpha value is -0.540. The van der Waals surface area contributed by atoms with Crippen LogP contribution in [0.2, 0.25) is 0 Å². The predicted octanol–water partition coefficient (Wildman–Crippen LogP) is 0.636. The van der Waals surface area contributed by atoms with Crippen LogP contribution in [0.4, 0.5) is 0 Å². The van der Waals surface area contributed by atoms with Crippen molar-refractivity contribution in [1.82, 2.24) is 0 Å². The standard InChI is InChI=1S/C9H17NO2/c1-7(2)9(11,6-10)8-3-4-12-5-8/h5,7,11H,3-4,6,10H2,1-2H3. The van der Waals surface area contributed by atoms with Gasteiger partial charge in [0.25, 0.3) is 0 Å². The summed E-state index contributed by atoms with van der Waals surface area (Å²) in [5.74, 6) is 0.135. The third kappa shape index (κ3) is 1.47. The van der Waals surface area contributed by atoms with Crippen LogP contribution in [0, 0.1) is 5.92 Å². The van der Waals surface area contributed by atoms with Gasteiger partial charge in [-0.15, -0.1) is 0 Å². The molecule has 0 aromatic carbocycles. The van der Waals surface area contributed by atoms with Crippen molar-refractivity contribution >= 4 is 0 Å². The normalized spacial score (nSPS) is 21.9. The third-order valence-electron chi connectivity index (χ3n) is 2.54. The summed E-state index contributed by atoms with van der Waals surface area (Å²) >= 11 is 0. The van der Waals surface area contributed by atoms with E-state index in [0.29, 0.717) is 6.61 Å². The molecule has 0 bridgehead atoms. The number of hydrogen-bond acceptors (Lipinski definition) is 3. The van der Waals surface area contributed by atoms with Crippen molar-refractivity contribution in [1.29, 1.82) is 0 Å². The van der Waals surface area contributed by atoms with Crippen LogP contribution in [0.1, 0.15) is 20.3 Å². The number of rotatable bonds is 3. The van der Waals surface area contributed by atoms with E-state index in [1.807, 2.05) is 13.8 Å². The molecule has 0 saturated carbocycles. The van der Waals surface area contributed by atoms with Crippen molar-refractivity contribution in [3.63, 3.8) is 0 Å². The first-order chi connectivity index (χ1) is 5.61. The molecule has 0 aromatic heterocycles. The van der Waals surface area contributed by atoms with E-state index in [2.05, 4.69) is 0 Å². The highest BCUT2D eigenvalue weighted by Crippen LogP contribution is 2.29. The second-order valence-electron chi connectivity index (χ2n) is 3.55. The smallest absolute Gasteiger partial charge is 0.103 e. The van der Waals surface area contributed by atoms with E-state index >= 15 is 0 Å². The number of hydrogen-bond donors (Lipinski definition) is 2. The predicted molar refractivity (Wildman–Crippen MR) is 47.5 cm³/mol. The fourth-order valence-corrected chi connectivity index (χ4v) is 1.44. The van der Waals surface area contributed by atoms with Crippen LogP contribution in [-0.4, -0.2) is 23.9 Å². The van der Waals surface area contributed by atoms with E-state index < -0.39 is 5.60 Å². The second-order valence-corrected chi connectivity index (χ2v) is 3.55. The summed E-state index contributed by atoms with van der Waals surface area (Å²) in [6.45, 7) is 4.86. The van der Waals surface area contributed by atoms with Crippen molar-refractivity contribution in [2.75, 3.05) is 13.2 Å². The fourth-order valence-electron chi connectivity index (χ4n) is 1.44. The molecular weight excluding hydrogens is 154 g/mol. The Labute approximate surface area is 73.2 Å². The van der Waals surface area contributed by atoms with Gasteiger partial charge in [0.1, 0.15) is 5.60 Å². The Morgan fingerprint density at radius 3 is 2.75 bits per heavy atom. The molecule has 1 heterocycles. The van der Waals surface area contributed by atoms with E-state index in [4.69, 9.17) is 10.5 Å². The van der Waals surface area contributed by atoms with E-state index in [-0.39, 0.29) is 12.5 Å². The van der Waals surface area contributed by atoms with E-state index in [1.54, 1.807) is 6.26 Å². The quantitative estimate of drug-likeness (QED) is 0.655. The Morgan fingerprint density at radius 2 is 2.42 bits per heavy atom. The maximum absolute atomic E-state index is 10.1. The molecule has 1 rings (SSSR count). The maximum atomic E-state index is 10.1. The molecular formula is C9H17NO2. The molecule has 0 aromatic rings. The largest absolute Gasteiger partial charge is 0.501 e. The molecule has 0 fully saturated rings. The summed E-state index contributed by atoms with van der Waals surface area (Å²) in [5.41, 5.74) is 5.61. The molecule has 1 atom stereocenters. The summed E-state index contributed by atoms with van der Waals surface area (Å²) in [6.07, 6.45) is 2.44. The Morgan fingerprint density at radius 1 is 1.75 bits per heavy atom. The highest BCUT2D eigenvalue weighted by atomic mass is 16.5. The first-order valence-electron chi connectivity index (χ1n) is 4.35. The summed E-state index contributed by atoms with van der Waals surface area (Å²) in [4.78, 5) is 0. The molecule has 12 heavy (non-hydrogen) atoms. The third-order valence-corrected chi connectivity index (χ3v) is 2.54. The number of nitrogens with two attached hydrogens (primary N) is 1. The zero-order valence-corrected chi connectivity index (χ0v) is 7.71. The van der Waals surface area contributed by atoms with Crippen LogP contribution in [0.5, 0.6) is 0 Å². The molecule has 0 spiro atoms. The minimum absolute atomic E-state index is 0.135. The first kappa shape index (κ1) is 9.55. The van der Waals surface area contributed by atoms with Gasteiger partial charge in [-0.25, -0.2) is 0 Å². The molecule has 0 radical (unpaired) electrons. The zero-order chi connectivity index (χ0) is 9.19. The zero-order valence-electron chi connectivity index (χ0n) is 7.71. The minimum Gasteiger partial charge on any atom is -0.501 e. The van der Waals surface area contributed by atoms with E-state index in [1.165, 1.54) is 0 Å². The van der Waals surface area contributed by atoms with Crippen LogP contribution in [0.25, 0.3) is 0 Å². The van der Waals surface area contributed by atoms with E-state index in [0.717, 1.165) is 12.0 Å². The second kappa shape index (κ2) is 3.46.